The summed E-state index contributed by atoms with van der Waals surface area (Å²) in [6.45, 7) is 4.27. The number of nitrogens with one attached hydrogen (secondary N) is 2. The SMILES string of the molecule is CCN(C1CCC(C(=O)OI)CC1)S(=O)c1cccc(C(=O)Nc2ccc(N3CCCCC3)cc2C(=O)Nc2ccc(CCc3ccc(C(=O)OI)cc3)cn2)c1. The zero-order chi connectivity index (χ0) is 40.3. The maximum Gasteiger partial charge on any atom is 0.347 e. The molecule has 2 amide bonds. The first-order valence-electron chi connectivity index (χ1n) is 19.2. The fourth-order valence-corrected chi connectivity index (χ4v) is 9.42. The molecule has 0 radical (unpaired) electrons. The third-order valence-electron chi connectivity index (χ3n) is 10.6. The summed E-state index contributed by atoms with van der Waals surface area (Å²) in [7, 11) is -1.53. The first-order valence-corrected chi connectivity index (χ1v) is 22.0. The van der Waals surface area contributed by atoms with Gasteiger partial charge < -0.3 is 21.7 Å². The van der Waals surface area contributed by atoms with Crippen molar-refractivity contribution in [3.63, 3.8) is 0 Å². The van der Waals surface area contributed by atoms with Gasteiger partial charge in [0.05, 0.1) is 27.6 Å². The van der Waals surface area contributed by atoms with Gasteiger partial charge in [0.1, 0.15) is 16.8 Å². The van der Waals surface area contributed by atoms with Crippen molar-refractivity contribution in [1.29, 1.82) is 0 Å². The van der Waals surface area contributed by atoms with E-state index < -0.39 is 22.8 Å². The summed E-state index contributed by atoms with van der Waals surface area (Å²) < 4.78 is 25.5. The Kier molecular flexibility index (Phi) is 15.5. The number of benzene rings is 3. The second-order valence-electron chi connectivity index (χ2n) is 14.2. The minimum absolute atomic E-state index is 0.0371. The van der Waals surface area contributed by atoms with E-state index in [1.165, 1.54) is 0 Å². The number of hydrogen-bond acceptors (Lipinski definition) is 9. The molecule has 2 aliphatic rings. The van der Waals surface area contributed by atoms with Crippen LogP contribution in [-0.4, -0.2) is 62.9 Å². The Morgan fingerprint density at radius 2 is 1.53 bits per heavy atom. The van der Waals surface area contributed by atoms with Crippen LogP contribution in [0.1, 0.15) is 94.1 Å². The first-order chi connectivity index (χ1) is 27.7. The third kappa shape index (κ3) is 11.2. The minimum atomic E-state index is -1.53. The highest BCUT2D eigenvalue weighted by Gasteiger charge is 2.32. The molecule has 1 aliphatic carbocycles. The maximum atomic E-state index is 13.9. The Morgan fingerprint density at radius 3 is 2.19 bits per heavy atom. The Balaban J connectivity index is 1.14. The quantitative estimate of drug-likeness (QED) is 0.119. The highest BCUT2D eigenvalue weighted by Crippen LogP contribution is 2.32. The number of carbonyl (C=O) groups excluding carboxylic acids is 4. The molecule has 1 atom stereocenters. The van der Waals surface area contributed by atoms with Crippen molar-refractivity contribution in [3.05, 3.63) is 113 Å². The van der Waals surface area contributed by atoms with Crippen LogP contribution in [0.25, 0.3) is 0 Å². The average molecular weight is 1020 g/mol. The number of piperidine rings is 1. The fourth-order valence-electron chi connectivity index (χ4n) is 7.40. The lowest BCUT2D eigenvalue weighted by atomic mass is 9.86. The molecule has 300 valence electrons. The summed E-state index contributed by atoms with van der Waals surface area (Å²) >= 11 is 3.20. The van der Waals surface area contributed by atoms with E-state index in [0.29, 0.717) is 58.9 Å². The second-order valence-corrected chi connectivity index (χ2v) is 16.5. The number of aromatic nitrogens is 1. The van der Waals surface area contributed by atoms with Crippen molar-refractivity contribution in [1.82, 2.24) is 9.29 Å². The van der Waals surface area contributed by atoms with E-state index in [4.69, 9.17) is 6.13 Å². The van der Waals surface area contributed by atoms with Crippen molar-refractivity contribution in [2.75, 3.05) is 35.2 Å². The Hall–Kier alpha value is -3.94. The van der Waals surface area contributed by atoms with Crippen LogP contribution in [0, 0.1) is 5.92 Å². The van der Waals surface area contributed by atoms with E-state index >= 15 is 0 Å². The van der Waals surface area contributed by atoms with Gasteiger partial charge in [-0.1, -0.05) is 31.2 Å². The standard InChI is InChI=1S/C42H45I2N5O7S/c1-2-49(33-18-16-31(17-19-33)42(53)56-44)57(54)35-8-6-7-32(25-35)39(50)46-37-21-20-34(48-23-4-3-5-24-48)26-36(37)40(51)47-38-22-13-29(27-45-38)10-9-28-11-14-30(15-12-28)41(52)55-43/h6-8,11-15,20-22,25-27,31,33H,2-5,9-10,16-19,23-24H2,1H3,(H,46,50)(H,45,47,51). The normalized spacial score (nSPS) is 17.4. The number of anilines is 3. The van der Waals surface area contributed by atoms with E-state index in [0.717, 1.165) is 68.4 Å². The maximum absolute atomic E-state index is 13.9. The van der Waals surface area contributed by atoms with Gasteiger partial charge in [-0.3, -0.25) is 14.4 Å². The van der Waals surface area contributed by atoms with Crippen LogP contribution >= 0.6 is 46.0 Å². The molecule has 1 unspecified atom stereocenters. The Morgan fingerprint density at radius 1 is 0.807 bits per heavy atom. The van der Waals surface area contributed by atoms with E-state index in [2.05, 4.69) is 20.5 Å². The van der Waals surface area contributed by atoms with Gasteiger partial charge in [-0.05, 0) is 124 Å². The van der Waals surface area contributed by atoms with Gasteiger partial charge in [-0.2, -0.15) is 0 Å². The largest absolute Gasteiger partial charge is 0.394 e. The molecule has 2 fully saturated rings. The molecular weight excluding hydrogens is 972 g/mol. The van der Waals surface area contributed by atoms with Gasteiger partial charge in [0, 0.05) is 43.1 Å². The molecular formula is C42H45I2N5O7S. The van der Waals surface area contributed by atoms with Crippen molar-refractivity contribution in [2.24, 2.45) is 5.92 Å². The highest BCUT2D eigenvalue weighted by molar-refractivity contribution is 14.1. The number of halogens is 2. The van der Waals surface area contributed by atoms with Crippen LogP contribution in [0.2, 0.25) is 0 Å². The van der Waals surface area contributed by atoms with Crippen molar-refractivity contribution < 1.29 is 29.5 Å². The number of nitrogens with zero attached hydrogens (tertiary/aromatic N) is 3. The summed E-state index contributed by atoms with van der Waals surface area (Å²) in [5, 5.41) is 5.87. The predicted molar refractivity (Wildman–Crippen MR) is 237 cm³/mol. The van der Waals surface area contributed by atoms with Gasteiger partial charge in [-0.25, -0.2) is 18.3 Å². The molecule has 1 aromatic heterocycles. The Bertz CT molecular complexity index is 2070. The van der Waals surface area contributed by atoms with Crippen molar-refractivity contribution in [3.8, 4) is 0 Å². The molecule has 0 bridgehead atoms. The van der Waals surface area contributed by atoms with Crippen LogP contribution in [0.5, 0.6) is 0 Å². The van der Waals surface area contributed by atoms with Gasteiger partial charge in [0.2, 0.25) is 0 Å². The Labute approximate surface area is 363 Å². The number of carbonyl (C=O) groups is 4. The third-order valence-corrected chi connectivity index (χ3v) is 13.1. The zero-order valence-electron chi connectivity index (χ0n) is 31.6. The summed E-state index contributed by atoms with van der Waals surface area (Å²) in [5.41, 5.74) is 4.40. The second kappa shape index (κ2) is 20.7. The minimum Gasteiger partial charge on any atom is -0.394 e. The number of aryl methyl sites for hydroxylation is 2. The first kappa shape index (κ1) is 42.7. The molecule has 1 aliphatic heterocycles. The zero-order valence-corrected chi connectivity index (χ0v) is 36.7. The lowest BCUT2D eigenvalue weighted by molar-refractivity contribution is -0.137. The molecule has 2 heterocycles. The fraction of sp³-hybridized carbons (Fsp3) is 0.357. The van der Waals surface area contributed by atoms with Crippen molar-refractivity contribution in [2.45, 2.75) is 75.6 Å². The topological polar surface area (TPSA) is 147 Å². The van der Waals surface area contributed by atoms with Crippen molar-refractivity contribution >= 4 is 97.9 Å². The molecule has 0 spiro atoms. The van der Waals surface area contributed by atoms with Crippen LogP contribution in [0.15, 0.2) is 90.0 Å². The summed E-state index contributed by atoms with van der Waals surface area (Å²) in [5.74, 6) is -1.21. The van der Waals surface area contributed by atoms with Gasteiger partial charge >= 0.3 is 11.9 Å². The van der Waals surface area contributed by atoms with Gasteiger partial charge in [0.15, 0.2) is 46.0 Å². The molecule has 4 aromatic rings. The predicted octanol–water partition coefficient (Wildman–Crippen LogP) is 8.67. The number of pyridine rings is 1. The van der Waals surface area contributed by atoms with Crippen LogP contribution in [-0.2, 0) is 34.8 Å². The van der Waals surface area contributed by atoms with Crippen LogP contribution in [0.3, 0.4) is 0 Å². The summed E-state index contributed by atoms with van der Waals surface area (Å²) in [6.07, 6.45) is 9.29. The molecule has 15 heteroatoms. The number of amides is 2. The molecule has 2 N–H and O–H groups in total. The molecule has 12 nitrogen and oxygen atoms in total. The van der Waals surface area contributed by atoms with E-state index in [-0.39, 0.29) is 23.9 Å². The lowest BCUT2D eigenvalue weighted by Gasteiger charge is -2.34. The average Bonchev–Trinajstić information content (AvgIpc) is 3.26. The monoisotopic (exact) mass is 1020 g/mol. The smallest absolute Gasteiger partial charge is 0.347 e. The summed E-state index contributed by atoms with van der Waals surface area (Å²) in [6, 6.07) is 23.3. The van der Waals surface area contributed by atoms with Gasteiger partial charge in [0.25, 0.3) is 11.8 Å². The van der Waals surface area contributed by atoms with Crippen LogP contribution < -0.4 is 15.5 Å². The molecule has 6 rings (SSSR count). The number of hydrogen-bond donors (Lipinski definition) is 2. The number of rotatable bonds is 14. The molecule has 1 saturated carbocycles. The summed E-state index contributed by atoms with van der Waals surface area (Å²) in [4.78, 5) is 58.8. The highest BCUT2D eigenvalue weighted by atomic mass is 127. The molecule has 57 heavy (non-hydrogen) atoms. The molecule has 1 saturated heterocycles. The van der Waals surface area contributed by atoms with Gasteiger partial charge in [-0.15, -0.1) is 0 Å². The van der Waals surface area contributed by atoms with E-state index in [1.807, 2.05) is 41.6 Å². The lowest BCUT2D eigenvalue weighted by Crippen LogP contribution is -2.40. The van der Waals surface area contributed by atoms with E-state index in [1.54, 1.807) is 101 Å². The molecule has 3 aromatic carbocycles. The van der Waals surface area contributed by atoms with Crippen LogP contribution in [0.4, 0.5) is 17.2 Å². The van der Waals surface area contributed by atoms with E-state index in [9.17, 15) is 23.4 Å².